The Morgan fingerprint density at radius 2 is 1.81 bits per heavy atom. The van der Waals surface area contributed by atoms with Crippen LogP contribution in [0.4, 0.5) is 15.8 Å². The van der Waals surface area contributed by atoms with E-state index < -0.39 is 0 Å². The minimum Gasteiger partial charge on any atom is -0.494 e. The number of rotatable bonds is 5. The molecule has 0 saturated heterocycles. The summed E-state index contributed by atoms with van der Waals surface area (Å²) in [5.41, 5.74) is 2.45. The molecule has 0 saturated carbocycles. The molecule has 0 aromatic heterocycles. The molecule has 0 spiro atoms. The second-order valence-corrected chi connectivity index (χ2v) is 4.58. The number of anilines is 2. The zero-order valence-electron chi connectivity index (χ0n) is 11.9. The fourth-order valence-corrected chi connectivity index (χ4v) is 1.90. The van der Waals surface area contributed by atoms with Crippen molar-refractivity contribution in [1.29, 1.82) is 0 Å². The Balaban J connectivity index is 1.96. The Morgan fingerprint density at radius 1 is 1.14 bits per heavy atom. The molecule has 1 amide bonds. The Bertz CT molecular complexity index is 627. The van der Waals surface area contributed by atoms with Gasteiger partial charge in [-0.3, -0.25) is 4.79 Å². The van der Waals surface area contributed by atoms with Crippen molar-refractivity contribution in [1.82, 2.24) is 0 Å². The first kappa shape index (κ1) is 14.8. The minimum atomic E-state index is -0.377. The summed E-state index contributed by atoms with van der Waals surface area (Å²) >= 11 is 0. The van der Waals surface area contributed by atoms with E-state index in [0.717, 1.165) is 16.9 Å². The highest BCUT2D eigenvalue weighted by Crippen LogP contribution is 2.19. The third-order valence-electron chi connectivity index (χ3n) is 2.92. The van der Waals surface area contributed by atoms with Crippen molar-refractivity contribution in [3.63, 3.8) is 0 Å². The largest absolute Gasteiger partial charge is 0.494 e. The highest BCUT2D eigenvalue weighted by molar-refractivity contribution is 5.88. The van der Waals surface area contributed by atoms with Crippen LogP contribution in [0.1, 0.15) is 12.5 Å². The van der Waals surface area contributed by atoms with Crippen molar-refractivity contribution < 1.29 is 13.9 Å². The Kier molecular flexibility index (Phi) is 4.77. The van der Waals surface area contributed by atoms with Gasteiger partial charge in [0.25, 0.3) is 0 Å². The van der Waals surface area contributed by atoms with E-state index in [4.69, 9.17) is 4.74 Å². The van der Waals surface area contributed by atoms with Crippen molar-refractivity contribution in [3.05, 3.63) is 53.8 Å². The zero-order valence-corrected chi connectivity index (χ0v) is 11.9. The van der Waals surface area contributed by atoms with Crippen LogP contribution in [0.15, 0.2) is 42.5 Å². The Labute approximate surface area is 122 Å². The number of methoxy groups -OCH3 is 1. The molecule has 0 atom stereocenters. The van der Waals surface area contributed by atoms with Gasteiger partial charge in [0.1, 0.15) is 0 Å². The Morgan fingerprint density at radius 3 is 2.38 bits per heavy atom. The number of nitrogens with one attached hydrogen (secondary N) is 2. The van der Waals surface area contributed by atoms with E-state index in [1.54, 1.807) is 24.3 Å². The maximum atomic E-state index is 13.6. The smallest absolute Gasteiger partial charge is 0.221 e. The van der Waals surface area contributed by atoms with Gasteiger partial charge in [0.15, 0.2) is 11.6 Å². The number of hydrogen-bond acceptors (Lipinski definition) is 3. The molecule has 0 aliphatic rings. The molecule has 4 nitrogen and oxygen atoms in total. The summed E-state index contributed by atoms with van der Waals surface area (Å²) in [5.74, 6) is -0.249. The number of ether oxygens (including phenoxy) is 1. The monoisotopic (exact) mass is 288 g/mol. The number of carbonyl (C=O) groups excluding carboxylic acids is 1. The number of halogens is 1. The second-order valence-electron chi connectivity index (χ2n) is 4.58. The zero-order chi connectivity index (χ0) is 15.2. The summed E-state index contributed by atoms with van der Waals surface area (Å²) in [5, 5.41) is 5.88. The lowest BCUT2D eigenvalue weighted by atomic mass is 10.2. The van der Waals surface area contributed by atoms with Crippen molar-refractivity contribution in [3.8, 4) is 5.75 Å². The lowest BCUT2D eigenvalue weighted by Gasteiger charge is -2.09. The summed E-state index contributed by atoms with van der Waals surface area (Å²) in [6.45, 7) is 1.96. The Hall–Kier alpha value is -2.56. The first-order chi connectivity index (χ1) is 10.1. The number of amides is 1. The summed E-state index contributed by atoms with van der Waals surface area (Å²) in [6, 6.07) is 12.2. The molecule has 21 heavy (non-hydrogen) atoms. The van der Waals surface area contributed by atoms with E-state index >= 15 is 0 Å². The average molecular weight is 288 g/mol. The standard InChI is InChI=1S/C16H17FN2O2/c1-11(20)19-14-6-4-13(5-7-14)18-10-12-3-8-16(21-2)15(17)9-12/h3-9,18H,10H2,1-2H3,(H,19,20). The van der Waals surface area contributed by atoms with Gasteiger partial charge in [-0.2, -0.15) is 0 Å². The molecule has 2 N–H and O–H groups in total. The lowest BCUT2D eigenvalue weighted by molar-refractivity contribution is -0.114. The first-order valence-electron chi connectivity index (χ1n) is 6.52. The minimum absolute atomic E-state index is 0.107. The molecule has 0 radical (unpaired) electrons. The van der Waals surface area contributed by atoms with Crippen molar-refractivity contribution in [2.24, 2.45) is 0 Å². The topological polar surface area (TPSA) is 50.4 Å². The highest BCUT2D eigenvalue weighted by Gasteiger charge is 2.03. The van der Waals surface area contributed by atoms with Gasteiger partial charge in [-0.1, -0.05) is 6.07 Å². The van der Waals surface area contributed by atoms with Crippen LogP contribution in [0.3, 0.4) is 0 Å². The van der Waals surface area contributed by atoms with Crippen molar-refractivity contribution in [2.75, 3.05) is 17.7 Å². The van der Waals surface area contributed by atoms with Crippen molar-refractivity contribution in [2.45, 2.75) is 13.5 Å². The van der Waals surface area contributed by atoms with Gasteiger partial charge in [-0.15, -0.1) is 0 Å². The van der Waals surface area contributed by atoms with Crippen LogP contribution < -0.4 is 15.4 Å². The van der Waals surface area contributed by atoms with E-state index in [-0.39, 0.29) is 17.5 Å². The van der Waals surface area contributed by atoms with E-state index in [0.29, 0.717) is 6.54 Å². The molecule has 0 heterocycles. The van der Waals surface area contributed by atoms with Gasteiger partial charge in [-0.25, -0.2) is 4.39 Å². The summed E-state index contributed by atoms with van der Waals surface area (Å²) < 4.78 is 18.4. The number of hydrogen-bond donors (Lipinski definition) is 2. The van der Waals surface area contributed by atoms with E-state index in [1.165, 1.54) is 20.1 Å². The molecule has 0 bridgehead atoms. The van der Waals surface area contributed by atoms with Gasteiger partial charge in [-0.05, 0) is 42.0 Å². The predicted molar refractivity (Wildman–Crippen MR) is 81.0 cm³/mol. The molecule has 0 aliphatic heterocycles. The molecule has 5 heteroatoms. The third kappa shape index (κ3) is 4.21. The van der Waals surface area contributed by atoms with Crippen LogP contribution in [0, 0.1) is 5.82 Å². The average Bonchev–Trinajstić information content (AvgIpc) is 2.46. The van der Waals surface area contributed by atoms with Gasteiger partial charge in [0.2, 0.25) is 5.91 Å². The van der Waals surface area contributed by atoms with Gasteiger partial charge in [0.05, 0.1) is 7.11 Å². The van der Waals surface area contributed by atoms with Crippen LogP contribution in [0.2, 0.25) is 0 Å². The molecule has 110 valence electrons. The maximum absolute atomic E-state index is 13.6. The molecule has 2 aromatic carbocycles. The summed E-state index contributed by atoms with van der Waals surface area (Å²) in [4.78, 5) is 10.9. The fraction of sp³-hybridized carbons (Fsp3) is 0.188. The molecular weight excluding hydrogens is 271 g/mol. The SMILES string of the molecule is COc1ccc(CNc2ccc(NC(C)=O)cc2)cc1F. The van der Waals surface area contributed by atoms with Crippen molar-refractivity contribution >= 4 is 17.3 Å². The van der Waals surface area contributed by atoms with E-state index in [1.807, 2.05) is 12.1 Å². The fourth-order valence-electron chi connectivity index (χ4n) is 1.90. The number of carbonyl (C=O) groups is 1. The lowest BCUT2D eigenvalue weighted by Crippen LogP contribution is -2.05. The molecule has 2 aromatic rings. The molecule has 0 unspecified atom stereocenters. The van der Waals surface area contributed by atoms with Crippen LogP contribution >= 0.6 is 0 Å². The van der Waals surface area contributed by atoms with E-state index in [2.05, 4.69) is 10.6 Å². The van der Waals surface area contributed by atoms with Gasteiger partial charge >= 0.3 is 0 Å². The normalized spacial score (nSPS) is 10.0. The van der Waals surface area contributed by atoms with Gasteiger partial charge < -0.3 is 15.4 Å². The van der Waals surface area contributed by atoms with Gasteiger partial charge in [0, 0.05) is 24.8 Å². The third-order valence-corrected chi connectivity index (χ3v) is 2.92. The molecular formula is C16H17FN2O2. The second kappa shape index (κ2) is 6.74. The first-order valence-corrected chi connectivity index (χ1v) is 6.52. The highest BCUT2D eigenvalue weighted by atomic mass is 19.1. The van der Waals surface area contributed by atoms with Crippen LogP contribution in [-0.4, -0.2) is 13.0 Å². The van der Waals surface area contributed by atoms with Crippen LogP contribution in [0.5, 0.6) is 5.75 Å². The molecule has 2 rings (SSSR count). The quantitative estimate of drug-likeness (QED) is 0.886. The molecule has 0 fully saturated rings. The predicted octanol–water partition coefficient (Wildman–Crippen LogP) is 3.40. The summed E-state index contributed by atoms with van der Waals surface area (Å²) in [6.07, 6.45) is 0. The maximum Gasteiger partial charge on any atom is 0.221 e. The number of benzene rings is 2. The van der Waals surface area contributed by atoms with Crippen LogP contribution in [0.25, 0.3) is 0 Å². The molecule has 0 aliphatic carbocycles. The van der Waals surface area contributed by atoms with Crippen LogP contribution in [-0.2, 0) is 11.3 Å². The van der Waals surface area contributed by atoms with E-state index in [9.17, 15) is 9.18 Å². The summed E-state index contributed by atoms with van der Waals surface area (Å²) in [7, 11) is 1.44.